The Bertz CT molecular complexity index is 1320. The summed E-state index contributed by atoms with van der Waals surface area (Å²) in [6.45, 7) is 4.51. The SMILES string of the molecule is Cc1ccc(-c2cnc(CCC(=O)NCCNc3ccc(S(C)(=O)=O)cc3[N+](=O)[O-])o2)cc1C. The minimum atomic E-state index is -3.56. The van der Waals surface area contributed by atoms with Crippen LogP contribution in [0, 0.1) is 24.0 Å². The van der Waals surface area contributed by atoms with Crippen LogP contribution in [-0.4, -0.2) is 43.6 Å². The molecule has 34 heavy (non-hydrogen) atoms. The number of sulfone groups is 1. The van der Waals surface area contributed by atoms with Crippen LogP contribution in [0.3, 0.4) is 0 Å². The zero-order valence-electron chi connectivity index (χ0n) is 19.1. The zero-order valence-corrected chi connectivity index (χ0v) is 19.9. The quantitative estimate of drug-likeness (QED) is 0.252. The lowest BCUT2D eigenvalue weighted by atomic mass is 10.1. The first-order chi connectivity index (χ1) is 16.0. The summed E-state index contributed by atoms with van der Waals surface area (Å²) in [4.78, 5) is 26.9. The Hall–Kier alpha value is -3.73. The highest BCUT2D eigenvalue weighted by molar-refractivity contribution is 7.90. The van der Waals surface area contributed by atoms with E-state index < -0.39 is 14.8 Å². The Labute approximate surface area is 197 Å². The third-order valence-electron chi connectivity index (χ3n) is 5.27. The standard InChI is InChI=1S/C23H26N4O6S/c1-15-4-5-17(12-16(15)2)21-14-26-23(33-21)9-8-22(28)25-11-10-24-19-7-6-18(34(3,31)32)13-20(19)27(29)30/h4-7,12-14,24H,8-11H2,1-3H3,(H,25,28). The van der Waals surface area contributed by atoms with E-state index in [4.69, 9.17) is 4.42 Å². The van der Waals surface area contributed by atoms with Crippen molar-refractivity contribution >= 4 is 27.1 Å². The number of nitro groups is 1. The number of rotatable bonds is 10. The van der Waals surface area contributed by atoms with Gasteiger partial charge in [0.2, 0.25) is 5.91 Å². The van der Waals surface area contributed by atoms with Crippen molar-refractivity contribution in [3.05, 3.63) is 69.7 Å². The lowest BCUT2D eigenvalue weighted by molar-refractivity contribution is -0.384. The van der Waals surface area contributed by atoms with E-state index in [1.165, 1.54) is 17.7 Å². The maximum absolute atomic E-state index is 12.1. The van der Waals surface area contributed by atoms with Crippen LogP contribution in [0.15, 0.2) is 51.9 Å². The summed E-state index contributed by atoms with van der Waals surface area (Å²) in [5, 5.41) is 16.8. The third-order valence-corrected chi connectivity index (χ3v) is 6.38. The minimum absolute atomic E-state index is 0.134. The van der Waals surface area contributed by atoms with Crippen molar-refractivity contribution in [2.75, 3.05) is 24.7 Å². The van der Waals surface area contributed by atoms with E-state index in [1.54, 1.807) is 6.20 Å². The molecule has 1 aromatic heterocycles. The van der Waals surface area contributed by atoms with Gasteiger partial charge in [-0.25, -0.2) is 13.4 Å². The van der Waals surface area contributed by atoms with Gasteiger partial charge in [-0.3, -0.25) is 14.9 Å². The van der Waals surface area contributed by atoms with Crippen molar-refractivity contribution < 1.29 is 22.6 Å². The Morgan fingerprint density at radius 3 is 2.56 bits per heavy atom. The van der Waals surface area contributed by atoms with Crippen LogP contribution in [0.4, 0.5) is 11.4 Å². The first-order valence-electron chi connectivity index (χ1n) is 10.6. The summed E-state index contributed by atoms with van der Waals surface area (Å²) in [5.74, 6) is 0.893. The van der Waals surface area contributed by atoms with Gasteiger partial charge in [0.15, 0.2) is 21.5 Å². The van der Waals surface area contributed by atoms with Gasteiger partial charge in [-0.15, -0.1) is 0 Å². The molecule has 0 saturated carbocycles. The highest BCUT2D eigenvalue weighted by Gasteiger charge is 2.18. The van der Waals surface area contributed by atoms with Crippen LogP contribution >= 0.6 is 0 Å². The lowest BCUT2D eigenvalue weighted by Crippen LogP contribution is -2.29. The average Bonchev–Trinajstić information content (AvgIpc) is 3.25. The number of nitro benzene ring substituents is 1. The Kier molecular flexibility index (Phi) is 7.67. The second kappa shape index (κ2) is 10.5. The van der Waals surface area contributed by atoms with Crippen molar-refractivity contribution in [3.63, 3.8) is 0 Å². The molecule has 10 nitrogen and oxygen atoms in total. The predicted octanol–water partition coefficient (Wildman–Crippen LogP) is 3.43. The first-order valence-corrected chi connectivity index (χ1v) is 12.4. The molecule has 1 amide bonds. The summed E-state index contributed by atoms with van der Waals surface area (Å²) in [6, 6.07) is 9.66. The summed E-state index contributed by atoms with van der Waals surface area (Å²) in [7, 11) is -3.56. The Balaban J connectivity index is 1.47. The molecule has 1 heterocycles. The van der Waals surface area contributed by atoms with Crippen LogP contribution in [-0.2, 0) is 21.1 Å². The number of benzene rings is 2. The fraction of sp³-hybridized carbons (Fsp3) is 0.304. The van der Waals surface area contributed by atoms with Gasteiger partial charge in [0.05, 0.1) is 16.0 Å². The van der Waals surface area contributed by atoms with Crippen molar-refractivity contribution in [1.29, 1.82) is 0 Å². The van der Waals surface area contributed by atoms with Crippen molar-refractivity contribution in [1.82, 2.24) is 10.3 Å². The lowest BCUT2D eigenvalue weighted by Gasteiger charge is -2.09. The van der Waals surface area contributed by atoms with E-state index in [9.17, 15) is 23.3 Å². The van der Waals surface area contributed by atoms with Crippen LogP contribution in [0.2, 0.25) is 0 Å². The van der Waals surface area contributed by atoms with E-state index in [1.807, 2.05) is 32.0 Å². The predicted molar refractivity (Wildman–Crippen MR) is 127 cm³/mol. The molecule has 0 spiro atoms. The molecule has 0 atom stereocenters. The molecule has 3 aromatic rings. The molecule has 0 aliphatic heterocycles. The molecule has 11 heteroatoms. The van der Waals surface area contributed by atoms with E-state index in [-0.39, 0.29) is 41.7 Å². The molecule has 0 fully saturated rings. The molecule has 0 unspecified atom stereocenters. The zero-order chi connectivity index (χ0) is 24.9. The van der Waals surface area contributed by atoms with Gasteiger partial charge in [0, 0.05) is 43.8 Å². The van der Waals surface area contributed by atoms with Gasteiger partial charge in [-0.1, -0.05) is 12.1 Å². The number of amides is 1. The molecule has 0 saturated heterocycles. The van der Waals surface area contributed by atoms with Gasteiger partial charge in [0.1, 0.15) is 5.69 Å². The second-order valence-corrected chi connectivity index (χ2v) is 9.92. The smallest absolute Gasteiger partial charge is 0.293 e. The Morgan fingerprint density at radius 1 is 1.12 bits per heavy atom. The van der Waals surface area contributed by atoms with Crippen LogP contribution in [0.5, 0.6) is 0 Å². The summed E-state index contributed by atoms with van der Waals surface area (Å²) in [5.41, 5.74) is 3.09. The fourth-order valence-corrected chi connectivity index (χ4v) is 3.85. The average molecular weight is 487 g/mol. The summed E-state index contributed by atoms with van der Waals surface area (Å²) < 4.78 is 29.0. The highest BCUT2D eigenvalue weighted by atomic mass is 32.2. The molecular formula is C23H26N4O6S. The van der Waals surface area contributed by atoms with E-state index in [2.05, 4.69) is 15.6 Å². The van der Waals surface area contributed by atoms with Gasteiger partial charge in [-0.05, 0) is 43.2 Å². The van der Waals surface area contributed by atoms with Gasteiger partial charge < -0.3 is 15.1 Å². The van der Waals surface area contributed by atoms with Gasteiger partial charge >= 0.3 is 0 Å². The fourth-order valence-electron chi connectivity index (χ4n) is 3.20. The summed E-state index contributed by atoms with van der Waals surface area (Å²) in [6.07, 6.45) is 3.14. The number of anilines is 1. The van der Waals surface area contributed by atoms with Gasteiger partial charge in [0.25, 0.3) is 5.69 Å². The number of oxazole rings is 1. The third kappa shape index (κ3) is 6.41. The van der Waals surface area contributed by atoms with Crippen LogP contribution < -0.4 is 10.6 Å². The number of nitrogens with zero attached hydrogens (tertiary/aromatic N) is 2. The molecule has 0 aliphatic carbocycles. The topological polar surface area (TPSA) is 144 Å². The molecule has 0 bridgehead atoms. The first kappa shape index (κ1) is 24.9. The molecule has 0 radical (unpaired) electrons. The molecule has 0 aliphatic rings. The monoisotopic (exact) mass is 486 g/mol. The Morgan fingerprint density at radius 2 is 1.88 bits per heavy atom. The van der Waals surface area contributed by atoms with Crippen LogP contribution in [0.1, 0.15) is 23.4 Å². The molecule has 2 aromatic carbocycles. The van der Waals surface area contributed by atoms with Crippen molar-refractivity contribution in [3.8, 4) is 11.3 Å². The number of aromatic nitrogens is 1. The number of carbonyl (C=O) groups excluding carboxylic acids is 1. The highest BCUT2D eigenvalue weighted by Crippen LogP contribution is 2.27. The number of carbonyl (C=O) groups is 1. The number of aryl methyl sites for hydroxylation is 3. The molecule has 180 valence electrons. The van der Waals surface area contributed by atoms with Gasteiger partial charge in [-0.2, -0.15) is 0 Å². The molecule has 3 rings (SSSR count). The number of nitrogens with one attached hydrogen (secondary N) is 2. The van der Waals surface area contributed by atoms with E-state index in [0.717, 1.165) is 23.4 Å². The molecule has 2 N–H and O–H groups in total. The van der Waals surface area contributed by atoms with Crippen molar-refractivity contribution in [2.45, 2.75) is 31.6 Å². The maximum Gasteiger partial charge on any atom is 0.293 e. The summed E-state index contributed by atoms with van der Waals surface area (Å²) >= 11 is 0. The normalized spacial score (nSPS) is 11.3. The van der Waals surface area contributed by atoms with Crippen molar-refractivity contribution in [2.24, 2.45) is 0 Å². The number of hydrogen-bond acceptors (Lipinski definition) is 8. The van der Waals surface area contributed by atoms with Crippen LogP contribution in [0.25, 0.3) is 11.3 Å². The van der Waals surface area contributed by atoms with E-state index in [0.29, 0.717) is 18.1 Å². The maximum atomic E-state index is 12.1. The van der Waals surface area contributed by atoms with E-state index >= 15 is 0 Å². The minimum Gasteiger partial charge on any atom is -0.441 e. The molecular weight excluding hydrogens is 460 g/mol. The number of hydrogen-bond donors (Lipinski definition) is 2. The second-order valence-electron chi connectivity index (χ2n) is 7.90. The largest absolute Gasteiger partial charge is 0.441 e.